The van der Waals surface area contributed by atoms with Gasteiger partial charge in [0.25, 0.3) is 0 Å². The van der Waals surface area contributed by atoms with Crippen LogP contribution < -0.4 is 9.80 Å². The highest BCUT2D eigenvalue weighted by Gasteiger charge is 2.20. The van der Waals surface area contributed by atoms with Crippen LogP contribution in [-0.4, -0.2) is 4.57 Å². The summed E-state index contributed by atoms with van der Waals surface area (Å²) in [5.41, 5.74) is 14.3. The monoisotopic (exact) mass is 927 g/mol. The van der Waals surface area contributed by atoms with Crippen LogP contribution in [0.3, 0.4) is 0 Å². The SMILES string of the molecule is Brc1ccccc1CN(c1ccccc1)c1ccc2c(c1)c1ccccc1n2-c1cccc(-c2ccc(CN(c3ccccc3)c3cccc4c3oc3ccccc34)c(Br)c2)c1. The largest absolute Gasteiger partial charge is 0.454 e. The topological polar surface area (TPSA) is 24.6 Å². The summed E-state index contributed by atoms with van der Waals surface area (Å²) >= 11 is 7.82. The second-order valence-electron chi connectivity index (χ2n) is 15.6. The Morgan fingerprint density at radius 2 is 1.03 bits per heavy atom. The summed E-state index contributed by atoms with van der Waals surface area (Å²) in [6, 6.07) is 75.7. The van der Waals surface area contributed by atoms with Crippen LogP contribution in [0.2, 0.25) is 0 Å². The molecule has 2 aromatic heterocycles. The first kappa shape index (κ1) is 38.1. The van der Waals surface area contributed by atoms with E-state index in [4.69, 9.17) is 4.42 Å². The van der Waals surface area contributed by atoms with Gasteiger partial charge in [0, 0.05) is 66.3 Å². The zero-order valence-corrected chi connectivity index (χ0v) is 36.8. The molecule has 0 spiro atoms. The zero-order chi connectivity index (χ0) is 41.6. The predicted molar refractivity (Wildman–Crippen MR) is 266 cm³/mol. The highest BCUT2D eigenvalue weighted by molar-refractivity contribution is 9.10. The number of nitrogens with zero attached hydrogens (tertiary/aromatic N) is 3. The summed E-state index contributed by atoms with van der Waals surface area (Å²) in [6.07, 6.45) is 0. The molecule has 11 rings (SSSR count). The number of halogens is 2. The van der Waals surface area contributed by atoms with Crippen LogP contribution >= 0.6 is 31.9 Å². The van der Waals surface area contributed by atoms with Gasteiger partial charge in [-0.3, -0.25) is 0 Å². The highest BCUT2D eigenvalue weighted by atomic mass is 79.9. The molecule has 0 amide bonds. The number of anilines is 4. The Morgan fingerprint density at radius 1 is 0.403 bits per heavy atom. The average molecular weight is 930 g/mol. The van der Waals surface area contributed by atoms with E-state index in [2.05, 4.69) is 246 Å². The fraction of sp³-hybridized carbons (Fsp3) is 0.0357. The number of hydrogen-bond acceptors (Lipinski definition) is 3. The van der Waals surface area contributed by atoms with Gasteiger partial charge in [0.1, 0.15) is 5.58 Å². The number of furan rings is 1. The van der Waals surface area contributed by atoms with Crippen LogP contribution in [0, 0.1) is 0 Å². The lowest BCUT2D eigenvalue weighted by Gasteiger charge is -2.26. The second kappa shape index (κ2) is 16.2. The van der Waals surface area contributed by atoms with Gasteiger partial charge in [0.15, 0.2) is 5.58 Å². The molecule has 0 saturated carbocycles. The number of benzene rings is 9. The second-order valence-corrected chi connectivity index (χ2v) is 17.3. The molecule has 0 saturated heterocycles. The Hall–Kier alpha value is -6.86. The molecular formula is C56H39Br2N3O. The fourth-order valence-electron chi connectivity index (χ4n) is 8.86. The summed E-state index contributed by atoms with van der Waals surface area (Å²) in [7, 11) is 0. The lowest BCUT2D eigenvalue weighted by Crippen LogP contribution is -2.17. The van der Waals surface area contributed by atoms with Crippen molar-refractivity contribution in [1.82, 2.24) is 4.57 Å². The number of para-hydroxylation sites is 5. The van der Waals surface area contributed by atoms with Gasteiger partial charge in [0.05, 0.1) is 16.7 Å². The van der Waals surface area contributed by atoms with Gasteiger partial charge in [-0.2, -0.15) is 0 Å². The Morgan fingerprint density at radius 3 is 1.84 bits per heavy atom. The molecule has 0 aliphatic heterocycles. The Balaban J connectivity index is 0.954. The third-order valence-corrected chi connectivity index (χ3v) is 13.4. The molecule has 0 aliphatic rings. The maximum absolute atomic E-state index is 6.53. The first-order valence-corrected chi connectivity index (χ1v) is 22.4. The molecule has 4 nitrogen and oxygen atoms in total. The molecule has 2 heterocycles. The van der Waals surface area contributed by atoms with E-state index in [-0.39, 0.29) is 0 Å². The van der Waals surface area contributed by atoms with Crippen LogP contribution in [0.1, 0.15) is 11.1 Å². The van der Waals surface area contributed by atoms with E-state index in [1.165, 1.54) is 27.4 Å². The van der Waals surface area contributed by atoms with Gasteiger partial charge in [-0.15, -0.1) is 0 Å². The summed E-state index contributed by atoms with van der Waals surface area (Å²) in [5, 5.41) is 4.67. The minimum absolute atomic E-state index is 0.648. The van der Waals surface area contributed by atoms with Gasteiger partial charge in [0.2, 0.25) is 0 Å². The van der Waals surface area contributed by atoms with Crippen LogP contribution in [0.25, 0.3) is 60.6 Å². The number of hydrogen-bond donors (Lipinski definition) is 0. The predicted octanol–water partition coefficient (Wildman–Crippen LogP) is 16.6. The van der Waals surface area contributed by atoms with Crippen LogP contribution in [0.5, 0.6) is 0 Å². The summed E-state index contributed by atoms with van der Waals surface area (Å²) in [6.45, 7) is 1.38. The van der Waals surface area contributed by atoms with Crippen molar-refractivity contribution in [2.45, 2.75) is 13.1 Å². The van der Waals surface area contributed by atoms with E-state index < -0.39 is 0 Å². The number of fused-ring (bicyclic) bond motifs is 6. The van der Waals surface area contributed by atoms with Gasteiger partial charge >= 0.3 is 0 Å². The molecule has 0 fully saturated rings. The Bertz CT molecular complexity index is 3410. The lowest BCUT2D eigenvalue weighted by molar-refractivity contribution is 0.667. The molecule has 62 heavy (non-hydrogen) atoms. The number of aromatic nitrogens is 1. The van der Waals surface area contributed by atoms with Crippen LogP contribution in [0.4, 0.5) is 22.7 Å². The fourth-order valence-corrected chi connectivity index (χ4v) is 9.78. The Kier molecular flexibility index (Phi) is 9.95. The quantitative estimate of drug-likeness (QED) is 0.137. The van der Waals surface area contributed by atoms with E-state index in [1.807, 2.05) is 12.1 Å². The van der Waals surface area contributed by atoms with Gasteiger partial charge in [-0.05, 0) is 107 Å². The molecule has 0 aliphatic carbocycles. The molecule has 9 aromatic carbocycles. The van der Waals surface area contributed by atoms with Crippen molar-refractivity contribution in [3.63, 3.8) is 0 Å². The molecule has 0 N–H and O–H groups in total. The smallest absolute Gasteiger partial charge is 0.159 e. The highest BCUT2D eigenvalue weighted by Crippen LogP contribution is 2.41. The minimum atomic E-state index is 0.648. The molecule has 298 valence electrons. The molecular weight excluding hydrogens is 890 g/mol. The lowest BCUT2D eigenvalue weighted by atomic mass is 10.0. The van der Waals surface area contributed by atoms with E-state index in [9.17, 15) is 0 Å². The van der Waals surface area contributed by atoms with Gasteiger partial charge < -0.3 is 18.8 Å². The first-order valence-electron chi connectivity index (χ1n) is 20.8. The third kappa shape index (κ3) is 6.95. The van der Waals surface area contributed by atoms with Crippen LogP contribution in [-0.2, 0) is 13.1 Å². The van der Waals surface area contributed by atoms with E-state index >= 15 is 0 Å². The van der Waals surface area contributed by atoms with Gasteiger partial charge in [-0.1, -0.05) is 159 Å². The van der Waals surface area contributed by atoms with E-state index in [1.54, 1.807) is 0 Å². The number of rotatable bonds is 10. The van der Waals surface area contributed by atoms with Crippen LogP contribution in [0.15, 0.2) is 226 Å². The standard InChI is InChI=1S/C56H39Br2N3O/c57-50-25-10-7-15-40(50)36-59(42-17-3-1-4-18-42)44-31-32-53-49(35-44)46-22-8-11-26-52(46)61(53)45-21-13-16-38(33-45)39-29-30-41(51(58)34-39)37-60(43-19-5-2-6-20-43)54-27-14-24-48-47-23-9-12-28-55(47)62-56(48)54/h1-35H,36-37H2. The van der Waals surface area contributed by atoms with Gasteiger partial charge in [-0.25, -0.2) is 0 Å². The Labute approximate surface area is 377 Å². The van der Waals surface area contributed by atoms with Crippen molar-refractivity contribution in [3.8, 4) is 16.8 Å². The maximum Gasteiger partial charge on any atom is 0.159 e. The average Bonchev–Trinajstić information content (AvgIpc) is 3.87. The van der Waals surface area contributed by atoms with Crippen molar-refractivity contribution >= 4 is 98.4 Å². The van der Waals surface area contributed by atoms with Crippen molar-refractivity contribution < 1.29 is 4.42 Å². The van der Waals surface area contributed by atoms with E-state index in [0.717, 1.165) is 82.5 Å². The normalized spacial score (nSPS) is 11.5. The molecule has 0 bridgehead atoms. The van der Waals surface area contributed by atoms with Crippen molar-refractivity contribution in [3.05, 3.63) is 232 Å². The summed E-state index contributed by atoms with van der Waals surface area (Å²) in [4.78, 5) is 4.74. The molecule has 0 unspecified atom stereocenters. The first-order chi connectivity index (χ1) is 30.6. The van der Waals surface area contributed by atoms with Crippen molar-refractivity contribution in [1.29, 1.82) is 0 Å². The third-order valence-electron chi connectivity index (χ3n) is 11.9. The minimum Gasteiger partial charge on any atom is -0.454 e. The van der Waals surface area contributed by atoms with Crippen molar-refractivity contribution in [2.24, 2.45) is 0 Å². The van der Waals surface area contributed by atoms with E-state index in [0.29, 0.717) is 6.54 Å². The molecule has 0 radical (unpaired) electrons. The zero-order valence-electron chi connectivity index (χ0n) is 33.6. The maximum atomic E-state index is 6.53. The summed E-state index contributed by atoms with van der Waals surface area (Å²) < 4.78 is 11.1. The molecule has 11 aromatic rings. The molecule has 0 atom stereocenters. The summed E-state index contributed by atoms with van der Waals surface area (Å²) in [5.74, 6) is 0. The van der Waals surface area contributed by atoms with Crippen molar-refractivity contribution in [2.75, 3.05) is 9.80 Å². The molecule has 6 heteroatoms.